The molecule has 148 valence electrons. The quantitative estimate of drug-likeness (QED) is 0.519. The van der Waals surface area contributed by atoms with Crippen molar-refractivity contribution in [1.82, 2.24) is 45.2 Å². The van der Waals surface area contributed by atoms with Crippen LogP contribution in [0.15, 0.2) is 35.4 Å². The highest BCUT2D eigenvalue weighted by Gasteiger charge is 2.24. The van der Waals surface area contributed by atoms with Crippen LogP contribution in [0.3, 0.4) is 0 Å². The lowest BCUT2D eigenvalue weighted by Crippen LogP contribution is -2.30. The highest BCUT2D eigenvalue weighted by atomic mass is 16.6. The molecule has 1 fully saturated rings. The summed E-state index contributed by atoms with van der Waals surface area (Å²) in [6.45, 7) is 2.73. The van der Waals surface area contributed by atoms with E-state index in [9.17, 15) is 0 Å². The third-order valence-corrected chi connectivity index (χ3v) is 5.07. The summed E-state index contributed by atoms with van der Waals surface area (Å²) < 4.78 is 6.37. The number of nitrogen functional groups attached to an aromatic ring is 1. The van der Waals surface area contributed by atoms with E-state index in [2.05, 4.69) is 40.5 Å². The molecule has 0 radical (unpaired) electrons. The van der Waals surface area contributed by atoms with Crippen molar-refractivity contribution in [2.24, 2.45) is 0 Å². The molecule has 4 aromatic heterocycles. The molecule has 11 nitrogen and oxygen atoms in total. The first kappa shape index (κ1) is 17.5. The Hall–Kier alpha value is -3.60. The summed E-state index contributed by atoms with van der Waals surface area (Å²) >= 11 is 0. The number of imidazole rings is 1. The van der Waals surface area contributed by atoms with E-state index in [1.54, 1.807) is 23.3 Å². The van der Waals surface area contributed by atoms with Crippen LogP contribution in [0.25, 0.3) is 28.6 Å². The fourth-order valence-electron chi connectivity index (χ4n) is 3.59. The Balaban J connectivity index is 1.55. The average Bonchev–Trinajstić information content (AvgIpc) is 3.49. The van der Waals surface area contributed by atoms with Crippen molar-refractivity contribution in [2.45, 2.75) is 25.8 Å². The fraction of sp³-hybridized carbons (Fsp3) is 0.333. The Kier molecular flexibility index (Phi) is 4.48. The van der Waals surface area contributed by atoms with Gasteiger partial charge in [-0.2, -0.15) is 4.68 Å². The van der Waals surface area contributed by atoms with Gasteiger partial charge in [0.25, 0.3) is 0 Å². The maximum atomic E-state index is 5.91. The average molecular weight is 392 g/mol. The van der Waals surface area contributed by atoms with Gasteiger partial charge in [0.15, 0.2) is 0 Å². The number of aromatic amines is 1. The number of hydrogen-bond acceptors (Lipinski definition) is 9. The minimum absolute atomic E-state index is 0.170. The van der Waals surface area contributed by atoms with Gasteiger partial charge in [0, 0.05) is 24.5 Å². The molecule has 0 aliphatic carbocycles. The number of nitrogens with one attached hydrogen (secondary N) is 1. The van der Waals surface area contributed by atoms with E-state index in [1.165, 1.54) is 19.3 Å². The van der Waals surface area contributed by atoms with E-state index in [0.717, 1.165) is 35.9 Å². The topological polar surface area (TPSA) is 140 Å². The van der Waals surface area contributed by atoms with Crippen LogP contribution in [0.2, 0.25) is 0 Å². The number of pyridine rings is 1. The summed E-state index contributed by atoms with van der Waals surface area (Å²) in [7, 11) is 0. The molecule has 0 aromatic carbocycles. The van der Waals surface area contributed by atoms with E-state index in [1.807, 2.05) is 12.1 Å². The second kappa shape index (κ2) is 7.43. The van der Waals surface area contributed by atoms with Crippen molar-refractivity contribution in [3.8, 4) is 28.6 Å². The molecule has 0 atom stereocenters. The van der Waals surface area contributed by atoms with E-state index in [4.69, 9.17) is 10.4 Å². The normalized spacial score (nSPS) is 15.0. The Labute approximate surface area is 165 Å². The molecule has 29 heavy (non-hydrogen) atoms. The molecular weight excluding hydrogens is 372 g/mol. The Morgan fingerprint density at radius 1 is 1.10 bits per heavy atom. The highest BCUT2D eigenvalue weighted by Crippen LogP contribution is 2.27. The van der Waals surface area contributed by atoms with Crippen molar-refractivity contribution in [3.63, 3.8) is 0 Å². The third kappa shape index (κ3) is 3.36. The Bertz CT molecular complexity index is 1090. The molecule has 3 N–H and O–H groups in total. The van der Waals surface area contributed by atoms with Gasteiger partial charge in [-0.1, -0.05) is 11.6 Å². The molecule has 5 heterocycles. The first-order chi connectivity index (χ1) is 14.3. The zero-order valence-corrected chi connectivity index (χ0v) is 15.7. The minimum Gasteiger partial charge on any atom is -0.378 e. The SMILES string of the molecule is Nc1nonc1-n1nnc(-c2cnc(-c3ccncc3)[nH]2)c1CN1CCCCC1. The minimum atomic E-state index is 0.170. The number of likely N-dealkylation sites (tertiary alicyclic amines) is 1. The van der Waals surface area contributed by atoms with Crippen LogP contribution < -0.4 is 5.73 Å². The molecule has 1 saturated heterocycles. The lowest BCUT2D eigenvalue weighted by molar-refractivity contribution is 0.217. The molecule has 5 rings (SSSR count). The summed E-state index contributed by atoms with van der Waals surface area (Å²) in [6.07, 6.45) is 8.85. The molecule has 11 heteroatoms. The third-order valence-electron chi connectivity index (χ3n) is 5.07. The number of anilines is 1. The summed E-state index contributed by atoms with van der Waals surface area (Å²) in [5, 5.41) is 16.2. The van der Waals surface area contributed by atoms with E-state index < -0.39 is 0 Å². The Morgan fingerprint density at radius 2 is 1.93 bits per heavy atom. The molecule has 0 saturated carbocycles. The first-order valence-electron chi connectivity index (χ1n) is 9.50. The molecule has 1 aliphatic heterocycles. The van der Waals surface area contributed by atoms with Gasteiger partial charge in [-0.3, -0.25) is 9.88 Å². The second-order valence-corrected chi connectivity index (χ2v) is 6.99. The van der Waals surface area contributed by atoms with Crippen molar-refractivity contribution in [2.75, 3.05) is 18.8 Å². The largest absolute Gasteiger partial charge is 0.378 e. The predicted molar refractivity (Wildman–Crippen MR) is 104 cm³/mol. The smallest absolute Gasteiger partial charge is 0.243 e. The number of nitrogens with zero attached hydrogens (tertiary/aromatic N) is 8. The van der Waals surface area contributed by atoms with Crippen molar-refractivity contribution in [3.05, 3.63) is 36.4 Å². The number of hydrogen-bond donors (Lipinski definition) is 2. The molecule has 0 bridgehead atoms. The predicted octanol–water partition coefficient (Wildman–Crippen LogP) is 1.67. The molecule has 0 unspecified atom stereocenters. The van der Waals surface area contributed by atoms with Crippen LogP contribution >= 0.6 is 0 Å². The van der Waals surface area contributed by atoms with Crippen molar-refractivity contribution >= 4 is 5.82 Å². The van der Waals surface area contributed by atoms with Gasteiger partial charge in [-0.05, 0) is 48.4 Å². The van der Waals surface area contributed by atoms with Crippen LogP contribution in [0.5, 0.6) is 0 Å². The van der Waals surface area contributed by atoms with E-state index >= 15 is 0 Å². The van der Waals surface area contributed by atoms with Crippen LogP contribution in [0.4, 0.5) is 5.82 Å². The lowest BCUT2D eigenvalue weighted by atomic mass is 10.1. The van der Waals surface area contributed by atoms with Gasteiger partial charge in [-0.15, -0.1) is 5.10 Å². The maximum absolute atomic E-state index is 5.91. The first-order valence-corrected chi connectivity index (χ1v) is 9.50. The highest BCUT2D eigenvalue weighted by molar-refractivity contribution is 5.63. The van der Waals surface area contributed by atoms with Crippen LogP contribution in [0, 0.1) is 0 Å². The molecule has 0 amide bonds. The van der Waals surface area contributed by atoms with E-state index in [0.29, 0.717) is 18.1 Å². The van der Waals surface area contributed by atoms with Gasteiger partial charge in [0.05, 0.1) is 17.6 Å². The Morgan fingerprint density at radius 3 is 2.69 bits per heavy atom. The number of piperidine rings is 1. The van der Waals surface area contributed by atoms with Gasteiger partial charge in [0.2, 0.25) is 11.6 Å². The summed E-state index contributed by atoms with van der Waals surface area (Å²) in [5.74, 6) is 1.25. The van der Waals surface area contributed by atoms with Gasteiger partial charge < -0.3 is 10.7 Å². The molecule has 4 aromatic rings. The van der Waals surface area contributed by atoms with Crippen molar-refractivity contribution in [1.29, 1.82) is 0 Å². The molecule has 0 spiro atoms. The number of H-pyrrole nitrogens is 1. The van der Waals surface area contributed by atoms with Gasteiger partial charge in [-0.25, -0.2) is 9.61 Å². The van der Waals surface area contributed by atoms with Gasteiger partial charge >= 0.3 is 0 Å². The standard InChI is InChI=1S/C18H20N10O/c19-16-18(25-29-24-16)28-14(11-27-8-2-1-3-9-27)15(23-26-28)13-10-21-17(22-13)12-4-6-20-7-5-12/h4-7,10H,1-3,8-9,11H2,(H2,19,24)(H,21,22). The number of nitrogens with two attached hydrogens (primary N) is 1. The second-order valence-electron chi connectivity index (χ2n) is 6.99. The lowest BCUT2D eigenvalue weighted by Gasteiger charge is -2.26. The van der Waals surface area contributed by atoms with Crippen LogP contribution in [-0.2, 0) is 6.54 Å². The maximum Gasteiger partial charge on any atom is 0.243 e. The fourth-order valence-corrected chi connectivity index (χ4v) is 3.59. The molecule has 1 aliphatic rings. The van der Waals surface area contributed by atoms with Crippen molar-refractivity contribution < 1.29 is 4.63 Å². The van der Waals surface area contributed by atoms with Crippen LogP contribution in [-0.4, -0.2) is 58.2 Å². The molecular formula is C18H20N10O. The zero-order valence-electron chi connectivity index (χ0n) is 15.7. The van der Waals surface area contributed by atoms with Gasteiger partial charge in [0.1, 0.15) is 11.5 Å². The summed E-state index contributed by atoms with van der Waals surface area (Å²) in [6, 6.07) is 3.80. The zero-order chi connectivity index (χ0) is 19.6. The monoisotopic (exact) mass is 392 g/mol. The van der Waals surface area contributed by atoms with E-state index in [-0.39, 0.29) is 5.82 Å². The number of rotatable bonds is 5. The number of aromatic nitrogens is 8. The van der Waals surface area contributed by atoms with Crippen LogP contribution in [0.1, 0.15) is 25.0 Å². The summed E-state index contributed by atoms with van der Waals surface area (Å²) in [4.78, 5) is 14.3. The summed E-state index contributed by atoms with van der Waals surface area (Å²) in [5.41, 5.74) is 9.18.